The Morgan fingerprint density at radius 3 is 2.86 bits per heavy atom. The summed E-state index contributed by atoms with van der Waals surface area (Å²) in [6.07, 6.45) is 1.98. The van der Waals surface area contributed by atoms with Crippen molar-refractivity contribution >= 4 is 21.9 Å². The van der Waals surface area contributed by atoms with Gasteiger partial charge in [0, 0.05) is 17.6 Å². The van der Waals surface area contributed by atoms with Crippen LogP contribution in [0.2, 0.25) is 0 Å². The van der Waals surface area contributed by atoms with Crippen molar-refractivity contribution in [3.8, 4) is 5.75 Å². The third-order valence-electron chi connectivity index (χ3n) is 3.62. The Bertz CT molecular complexity index is 449. The molecule has 0 aliphatic carbocycles. The van der Waals surface area contributed by atoms with Gasteiger partial charge in [-0.05, 0) is 50.6 Å². The Morgan fingerprint density at radius 2 is 2.14 bits per heavy atom. The zero-order chi connectivity index (χ0) is 15.1. The summed E-state index contributed by atoms with van der Waals surface area (Å²) in [7, 11) is 0. The van der Waals surface area contributed by atoms with Crippen molar-refractivity contribution in [3.05, 3.63) is 28.7 Å². The Balaban J connectivity index is 1.72. The van der Waals surface area contributed by atoms with E-state index in [9.17, 15) is 4.79 Å². The predicted octanol–water partition coefficient (Wildman–Crippen LogP) is 3.10. The molecule has 1 aliphatic rings. The first-order valence-electron chi connectivity index (χ1n) is 7.46. The van der Waals surface area contributed by atoms with Crippen LogP contribution in [0.1, 0.15) is 19.8 Å². The number of carbonyl (C=O) groups excluding carboxylic acids is 1. The molecule has 1 aliphatic heterocycles. The molecule has 0 bridgehead atoms. The van der Waals surface area contributed by atoms with E-state index in [0.717, 1.165) is 42.7 Å². The Labute approximate surface area is 134 Å². The number of benzene rings is 1. The van der Waals surface area contributed by atoms with Gasteiger partial charge in [-0.3, -0.25) is 9.69 Å². The molecule has 1 heterocycles. The molecule has 0 N–H and O–H groups in total. The molecule has 116 valence electrons. The predicted molar refractivity (Wildman–Crippen MR) is 85.4 cm³/mol. The molecule has 0 unspecified atom stereocenters. The lowest BCUT2D eigenvalue weighted by Gasteiger charge is -2.31. The molecule has 0 aromatic heterocycles. The summed E-state index contributed by atoms with van der Waals surface area (Å²) in [6, 6.07) is 7.82. The summed E-state index contributed by atoms with van der Waals surface area (Å²) in [5, 5.41) is 0. The van der Waals surface area contributed by atoms with Crippen molar-refractivity contribution in [1.82, 2.24) is 4.90 Å². The second kappa shape index (κ2) is 8.39. The number of hydrogen-bond acceptors (Lipinski definition) is 4. The summed E-state index contributed by atoms with van der Waals surface area (Å²) in [5.41, 5.74) is 0. The third-order valence-corrected chi connectivity index (χ3v) is 4.14. The van der Waals surface area contributed by atoms with E-state index in [4.69, 9.17) is 9.47 Å². The first-order chi connectivity index (χ1) is 10.2. The van der Waals surface area contributed by atoms with Crippen LogP contribution in [-0.2, 0) is 9.53 Å². The number of piperidine rings is 1. The molecule has 2 rings (SSSR count). The number of hydrogen-bond donors (Lipinski definition) is 0. The Kier molecular flexibility index (Phi) is 6.51. The van der Waals surface area contributed by atoms with Gasteiger partial charge in [0.25, 0.3) is 0 Å². The maximum atomic E-state index is 11.8. The van der Waals surface area contributed by atoms with Crippen molar-refractivity contribution in [2.45, 2.75) is 19.8 Å². The second-order valence-corrected chi connectivity index (χ2v) is 6.11. The highest BCUT2D eigenvalue weighted by atomic mass is 79.9. The smallest absolute Gasteiger partial charge is 0.310 e. The highest BCUT2D eigenvalue weighted by Crippen LogP contribution is 2.19. The van der Waals surface area contributed by atoms with E-state index in [1.54, 1.807) is 0 Å². The topological polar surface area (TPSA) is 38.8 Å². The molecule has 0 saturated carbocycles. The molecular weight excluding hydrogens is 334 g/mol. The largest absolute Gasteiger partial charge is 0.492 e. The first-order valence-corrected chi connectivity index (χ1v) is 8.25. The normalized spacial score (nSPS) is 19.2. The molecular formula is C16H22BrNO3. The van der Waals surface area contributed by atoms with Crippen molar-refractivity contribution in [2.75, 3.05) is 32.8 Å². The standard InChI is InChI=1S/C16H22BrNO3/c1-2-20-16(19)13-4-3-9-18(12-13)10-11-21-15-7-5-14(17)6-8-15/h5-8,13H,2-4,9-12H2,1H3/t13-/m0/s1. The van der Waals surface area contributed by atoms with Crippen LogP contribution in [-0.4, -0.2) is 43.7 Å². The summed E-state index contributed by atoms with van der Waals surface area (Å²) < 4.78 is 11.9. The van der Waals surface area contributed by atoms with Gasteiger partial charge >= 0.3 is 5.97 Å². The van der Waals surface area contributed by atoms with Crippen LogP contribution >= 0.6 is 15.9 Å². The van der Waals surface area contributed by atoms with Gasteiger partial charge in [-0.2, -0.15) is 0 Å². The van der Waals surface area contributed by atoms with E-state index in [2.05, 4.69) is 20.8 Å². The van der Waals surface area contributed by atoms with Gasteiger partial charge in [0.1, 0.15) is 12.4 Å². The van der Waals surface area contributed by atoms with Gasteiger partial charge in [-0.25, -0.2) is 0 Å². The number of halogens is 1. The minimum absolute atomic E-state index is 0.0198. The summed E-state index contributed by atoms with van der Waals surface area (Å²) in [6.45, 7) is 5.60. The third kappa shape index (κ3) is 5.32. The minimum Gasteiger partial charge on any atom is -0.492 e. The molecule has 0 radical (unpaired) electrons. The fraction of sp³-hybridized carbons (Fsp3) is 0.562. The van der Waals surface area contributed by atoms with Gasteiger partial charge in [-0.15, -0.1) is 0 Å². The average molecular weight is 356 g/mol. The van der Waals surface area contributed by atoms with Gasteiger partial charge in [0.2, 0.25) is 0 Å². The van der Waals surface area contributed by atoms with Crippen LogP contribution in [0, 0.1) is 5.92 Å². The number of rotatable bonds is 6. The van der Waals surface area contributed by atoms with Gasteiger partial charge < -0.3 is 9.47 Å². The molecule has 1 atom stereocenters. The van der Waals surface area contributed by atoms with Crippen molar-refractivity contribution < 1.29 is 14.3 Å². The quantitative estimate of drug-likeness (QED) is 0.735. The second-order valence-electron chi connectivity index (χ2n) is 5.19. The molecule has 1 fully saturated rings. The monoisotopic (exact) mass is 355 g/mol. The van der Waals surface area contributed by atoms with Gasteiger partial charge in [-0.1, -0.05) is 15.9 Å². The molecule has 5 heteroatoms. The van der Waals surface area contributed by atoms with Crippen LogP contribution in [0.4, 0.5) is 0 Å². The van der Waals surface area contributed by atoms with Gasteiger partial charge in [0.15, 0.2) is 0 Å². The summed E-state index contributed by atoms with van der Waals surface area (Å²) in [5.74, 6) is 0.833. The lowest BCUT2D eigenvalue weighted by molar-refractivity contribution is -0.150. The Hall–Kier alpha value is -1.07. The first kappa shape index (κ1) is 16.3. The number of ether oxygens (including phenoxy) is 2. The van der Waals surface area contributed by atoms with Crippen LogP contribution in [0.5, 0.6) is 5.75 Å². The zero-order valence-electron chi connectivity index (χ0n) is 12.4. The maximum Gasteiger partial charge on any atom is 0.310 e. The molecule has 0 spiro atoms. The lowest BCUT2D eigenvalue weighted by Crippen LogP contribution is -2.41. The lowest BCUT2D eigenvalue weighted by atomic mass is 9.98. The van der Waals surface area contributed by atoms with Crippen LogP contribution in [0.3, 0.4) is 0 Å². The summed E-state index contributed by atoms with van der Waals surface area (Å²) >= 11 is 3.40. The molecule has 1 saturated heterocycles. The Morgan fingerprint density at radius 1 is 1.38 bits per heavy atom. The van der Waals surface area contributed by atoms with Crippen molar-refractivity contribution in [1.29, 1.82) is 0 Å². The van der Waals surface area contributed by atoms with E-state index in [1.165, 1.54) is 0 Å². The van der Waals surface area contributed by atoms with Crippen LogP contribution < -0.4 is 4.74 Å². The maximum absolute atomic E-state index is 11.8. The molecule has 4 nitrogen and oxygen atoms in total. The molecule has 1 aromatic carbocycles. The molecule has 0 amide bonds. The highest BCUT2D eigenvalue weighted by molar-refractivity contribution is 9.10. The van der Waals surface area contributed by atoms with Crippen LogP contribution in [0.15, 0.2) is 28.7 Å². The molecule has 1 aromatic rings. The number of likely N-dealkylation sites (tertiary alicyclic amines) is 1. The number of nitrogens with zero attached hydrogens (tertiary/aromatic N) is 1. The summed E-state index contributed by atoms with van der Waals surface area (Å²) in [4.78, 5) is 14.1. The van der Waals surface area contributed by atoms with Crippen molar-refractivity contribution in [2.24, 2.45) is 5.92 Å². The average Bonchev–Trinajstić information content (AvgIpc) is 2.50. The van der Waals surface area contributed by atoms with E-state index >= 15 is 0 Å². The number of carbonyl (C=O) groups is 1. The zero-order valence-corrected chi connectivity index (χ0v) is 14.0. The SMILES string of the molecule is CCOC(=O)[C@H]1CCCN(CCOc2ccc(Br)cc2)C1. The van der Waals surface area contributed by atoms with E-state index in [1.807, 2.05) is 31.2 Å². The molecule has 21 heavy (non-hydrogen) atoms. The van der Waals surface area contributed by atoms with Crippen molar-refractivity contribution in [3.63, 3.8) is 0 Å². The van der Waals surface area contributed by atoms with E-state index in [-0.39, 0.29) is 11.9 Å². The number of esters is 1. The fourth-order valence-electron chi connectivity index (χ4n) is 2.53. The minimum atomic E-state index is -0.0592. The van der Waals surface area contributed by atoms with E-state index < -0.39 is 0 Å². The van der Waals surface area contributed by atoms with E-state index in [0.29, 0.717) is 13.2 Å². The van der Waals surface area contributed by atoms with Crippen LogP contribution in [0.25, 0.3) is 0 Å². The van der Waals surface area contributed by atoms with Gasteiger partial charge in [0.05, 0.1) is 12.5 Å². The highest BCUT2D eigenvalue weighted by Gasteiger charge is 2.26. The fourth-order valence-corrected chi connectivity index (χ4v) is 2.80.